The summed E-state index contributed by atoms with van der Waals surface area (Å²) in [5.74, 6) is 0.249. The Morgan fingerprint density at radius 2 is 2.00 bits per heavy atom. The molecule has 2 N–H and O–H groups in total. The molecule has 0 saturated carbocycles. The molecule has 0 bridgehead atoms. The number of carbonyl (C=O) groups excluding carboxylic acids is 1. The Kier molecular flexibility index (Phi) is 5.03. The van der Waals surface area contributed by atoms with Crippen LogP contribution in [0.5, 0.6) is 5.88 Å². The third kappa shape index (κ3) is 4.20. The number of carbonyl (C=O) groups is 1. The predicted molar refractivity (Wildman–Crippen MR) is 94.6 cm³/mol. The highest BCUT2D eigenvalue weighted by Crippen LogP contribution is 2.25. The molecule has 10 nitrogen and oxygen atoms in total. The van der Waals surface area contributed by atoms with Crippen molar-refractivity contribution in [2.75, 3.05) is 12.4 Å². The summed E-state index contributed by atoms with van der Waals surface area (Å²) in [6.45, 7) is 1.68. The van der Waals surface area contributed by atoms with E-state index in [-0.39, 0.29) is 28.2 Å². The number of nitrogens with zero attached hydrogens (tertiary/aromatic N) is 3. The number of sulfonamides is 1. The SMILES string of the molecule is COc1cc(C)nc(NC(=O)NS(=O)(=O)c2ccccc2-c2ncco2)n1. The minimum absolute atomic E-state index is 0.0967. The van der Waals surface area contributed by atoms with Gasteiger partial charge in [-0.2, -0.15) is 4.98 Å². The Morgan fingerprint density at radius 1 is 1.22 bits per heavy atom. The van der Waals surface area contributed by atoms with Crippen LogP contribution in [0.2, 0.25) is 0 Å². The zero-order chi connectivity index (χ0) is 19.4. The molecule has 3 aromatic rings. The third-order valence-electron chi connectivity index (χ3n) is 3.33. The van der Waals surface area contributed by atoms with Crippen LogP contribution in [0.4, 0.5) is 10.7 Å². The molecule has 2 amide bonds. The number of urea groups is 1. The lowest BCUT2D eigenvalue weighted by Crippen LogP contribution is -2.35. The van der Waals surface area contributed by atoms with Gasteiger partial charge in [-0.15, -0.1) is 0 Å². The minimum Gasteiger partial charge on any atom is -0.481 e. The van der Waals surface area contributed by atoms with Crippen molar-refractivity contribution in [2.45, 2.75) is 11.8 Å². The van der Waals surface area contributed by atoms with Crippen molar-refractivity contribution in [1.82, 2.24) is 19.7 Å². The van der Waals surface area contributed by atoms with Crippen LogP contribution in [0.25, 0.3) is 11.5 Å². The number of oxazole rings is 1. The average molecular weight is 389 g/mol. The van der Waals surface area contributed by atoms with Gasteiger partial charge >= 0.3 is 6.03 Å². The van der Waals surface area contributed by atoms with Crippen LogP contribution in [-0.4, -0.2) is 36.5 Å². The third-order valence-corrected chi connectivity index (χ3v) is 4.72. The van der Waals surface area contributed by atoms with Gasteiger partial charge in [-0.05, 0) is 19.1 Å². The second-order valence-corrected chi connectivity index (χ2v) is 6.92. The van der Waals surface area contributed by atoms with E-state index in [1.807, 2.05) is 4.72 Å². The first-order valence-electron chi connectivity index (χ1n) is 7.61. The Morgan fingerprint density at radius 3 is 2.70 bits per heavy atom. The molecular formula is C16H15N5O5S. The molecule has 0 spiro atoms. The number of ether oxygens (including phenoxy) is 1. The number of benzene rings is 1. The number of hydrogen-bond donors (Lipinski definition) is 2. The van der Waals surface area contributed by atoms with E-state index in [4.69, 9.17) is 9.15 Å². The number of nitrogens with one attached hydrogen (secondary N) is 2. The van der Waals surface area contributed by atoms with Gasteiger partial charge < -0.3 is 9.15 Å². The van der Waals surface area contributed by atoms with E-state index < -0.39 is 16.1 Å². The van der Waals surface area contributed by atoms with Crippen molar-refractivity contribution in [1.29, 1.82) is 0 Å². The maximum absolute atomic E-state index is 12.6. The van der Waals surface area contributed by atoms with Crippen molar-refractivity contribution in [3.05, 3.63) is 48.5 Å². The molecular weight excluding hydrogens is 374 g/mol. The minimum atomic E-state index is -4.21. The topological polar surface area (TPSA) is 136 Å². The molecule has 0 aliphatic rings. The first kappa shape index (κ1) is 18.3. The summed E-state index contributed by atoms with van der Waals surface area (Å²) in [6.07, 6.45) is 2.71. The summed E-state index contributed by atoms with van der Waals surface area (Å²) in [6, 6.07) is 6.55. The molecule has 0 saturated heterocycles. The second-order valence-electron chi connectivity index (χ2n) is 5.27. The van der Waals surface area contributed by atoms with E-state index in [1.54, 1.807) is 19.1 Å². The van der Waals surface area contributed by atoms with Crippen LogP contribution in [0, 0.1) is 6.92 Å². The van der Waals surface area contributed by atoms with E-state index >= 15 is 0 Å². The van der Waals surface area contributed by atoms with Crippen molar-refractivity contribution in [3.63, 3.8) is 0 Å². The fraction of sp³-hybridized carbons (Fsp3) is 0.125. The summed E-state index contributed by atoms with van der Waals surface area (Å²) in [5, 5.41) is 2.27. The summed E-state index contributed by atoms with van der Waals surface area (Å²) in [7, 11) is -2.80. The molecule has 0 unspecified atom stereocenters. The Bertz CT molecular complexity index is 1070. The van der Waals surface area contributed by atoms with E-state index in [2.05, 4.69) is 20.3 Å². The molecule has 0 atom stereocenters. The molecule has 11 heteroatoms. The van der Waals surface area contributed by atoms with E-state index in [0.717, 1.165) is 0 Å². The molecule has 1 aromatic carbocycles. The lowest BCUT2D eigenvalue weighted by molar-refractivity contribution is 0.256. The Labute approximate surface area is 154 Å². The lowest BCUT2D eigenvalue weighted by atomic mass is 10.2. The zero-order valence-corrected chi connectivity index (χ0v) is 15.1. The molecule has 140 valence electrons. The molecule has 27 heavy (non-hydrogen) atoms. The monoisotopic (exact) mass is 389 g/mol. The molecule has 2 heterocycles. The summed E-state index contributed by atoms with van der Waals surface area (Å²) in [4.78, 5) is 23.9. The number of rotatable bonds is 5. The average Bonchev–Trinajstić information content (AvgIpc) is 3.15. The molecule has 0 aliphatic carbocycles. The van der Waals surface area contributed by atoms with Gasteiger partial charge in [0.15, 0.2) is 0 Å². The second kappa shape index (κ2) is 7.41. The predicted octanol–water partition coefficient (Wildman–Crippen LogP) is 1.96. The number of aromatic nitrogens is 3. The van der Waals surface area contributed by atoms with Gasteiger partial charge in [0, 0.05) is 11.8 Å². The molecule has 0 fully saturated rings. The number of methoxy groups -OCH3 is 1. The largest absolute Gasteiger partial charge is 0.481 e. The summed E-state index contributed by atoms with van der Waals surface area (Å²) >= 11 is 0. The van der Waals surface area contributed by atoms with Crippen LogP contribution in [0.15, 0.2) is 52.1 Å². The first-order chi connectivity index (χ1) is 12.9. The zero-order valence-electron chi connectivity index (χ0n) is 14.3. The van der Waals surface area contributed by atoms with Gasteiger partial charge in [0.25, 0.3) is 10.0 Å². The quantitative estimate of drug-likeness (QED) is 0.676. The fourth-order valence-corrected chi connectivity index (χ4v) is 3.35. The molecule has 0 radical (unpaired) electrons. The van der Waals surface area contributed by atoms with Crippen LogP contribution in [0.3, 0.4) is 0 Å². The maximum atomic E-state index is 12.6. The van der Waals surface area contributed by atoms with Gasteiger partial charge in [0.1, 0.15) is 11.2 Å². The summed E-state index contributed by atoms with van der Waals surface area (Å²) < 4.78 is 37.3. The van der Waals surface area contributed by atoms with Crippen LogP contribution < -0.4 is 14.8 Å². The van der Waals surface area contributed by atoms with E-state index in [1.165, 1.54) is 37.8 Å². The molecule has 2 aromatic heterocycles. The Hall–Kier alpha value is -3.47. The fourth-order valence-electron chi connectivity index (χ4n) is 2.24. The van der Waals surface area contributed by atoms with Gasteiger partial charge in [-0.1, -0.05) is 12.1 Å². The van der Waals surface area contributed by atoms with Crippen LogP contribution in [0.1, 0.15) is 5.69 Å². The van der Waals surface area contributed by atoms with Gasteiger partial charge in [0.05, 0.1) is 18.9 Å². The van der Waals surface area contributed by atoms with E-state index in [9.17, 15) is 13.2 Å². The van der Waals surface area contributed by atoms with Crippen molar-refractivity contribution < 1.29 is 22.4 Å². The van der Waals surface area contributed by atoms with Gasteiger partial charge in [0.2, 0.25) is 17.7 Å². The molecule has 3 rings (SSSR count). The Balaban J connectivity index is 1.83. The summed E-state index contributed by atoms with van der Waals surface area (Å²) in [5.41, 5.74) is 0.755. The van der Waals surface area contributed by atoms with Crippen LogP contribution >= 0.6 is 0 Å². The number of aryl methyl sites for hydroxylation is 1. The highest BCUT2D eigenvalue weighted by atomic mass is 32.2. The van der Waals surface area contributed by atoms with E-state index in [0.29, 0.717) is 5.69 Å². The number of hydrogen-bond acceptors (Lipinski definition) is 8. The maximum Gasteiger partial charge on any atom is 0.335 e. The highest BCUT2D eigenvalue weighted by molar-refractivity contribution is 7.90. The molecule has 0 aliphatic heterocycles. The standard InChI is InChI=1S/C16H15N5O5S/c1-10-9-13(25-2)19-15(18-10)20-16(22)21-27(23,24)12-6-4-3-5-11(12)14-17-7-8-26-14/h3-9H,1-2H3,(H2,18,19,20,21,22). The highest BCUT2D eigenvalue weighted by Gasteiger charge is 2.23. The van der Waals surface area contributed by atoms with Gasteiger partial charge in [-0.25, -0.2) is 27.9 Å². The number of amides is 2. The van der Waals surface area contributed by atoms with Crippen LogP contribution in [-0.2, 0) is 10.0 Å². The van der Waals surface area contributed by atoms with Crippen molar-refractivity contribution >= 4 is 22.0 Å². The van der Waals surface area contributed by atoms with Crippen molar-refractivity contribution in [3.8, 4) is 17.3 Å². The van der Waals surface area contributed by atoms with Gasteiger partial charge in [-0.3, -0.25) is 5.32 Å². The first-order valence-corrected chi connectivity index (χ1v) is 9.10. The van der Waals surface area contributed by atoms with Crippen molar-refractivity contribution in [2.24, 2.45) is 0 Å². The number of anilines is 1. The smallest absolute Gasteiger partial charge is 0.335 e. The normalized spacial score (nSPS) is 11.0. The lowest BCUT2D eigenvalue weighted by Gasteiger charge is -2.11.